The quantitative estimate of drug-likeness (QED) is 0.302. The van der Waals surface area contributed by atoms with Crippen molar-refractivity contribution in [3.05, 3.63) is 90.3 Å². The molecule has 0 aliphatic rings. The fourth-order valence-corrected chi connectivity index (χ4v) is 3.35. The number of carbonyl (C=O) groups is 1. The van der Waals surface area contributed by atoms with Gasteiger partial charge in [-0.15, -0.1) is 0 Å². The Bertz CT molecular complexity index is 1100. The average molecular weight is 463 g/mol. The van der Waals surface area contributed by atoms with E-state index >= 15 is 0 Å². The van der Waals surface area contributed by atoms with Crippen molar-refractivity contribution in [1.29, 1.82) is 0 Å². The van der Waals surface area contributed by atoms with E-state index in [0.29, 0.717) is 31.1 Å². The standard InChI is InChI=1S/C29H31FO4/c1-5-29(4,28(31)32-6-2)34-27-17-15-26(16-18-27)33-20-19-21(3)22-7-9-23(10-8-22)24-11-13-25(30)14-12-24/h7-19H,5-6,20H2,1-4H3/t29-/m0/s1. The van der Waals surface area contributed by atoms with Gasteiger partial charge in [0.05, 0.1) is 6.61 Å². The maximum Gasteiger partial charge on any atom is 0.350 e. The molecule has 1 atom stereocenters. The smallest absolute Gasteiger partial charge is 0.350 e. The monoisotopic (exact) mass is 462 g/mol. The first kappa shape index (κ1) is 25.0. The molecule has 3 rings (SSSR count). The van der Waals surface area contributed by atoms with Gasteiger partial charge >= 0.3 is 5.97 Å². The molecule has 0 fully saturated rings. The van der Waals surface area contributed by atoms with Crippen molar-refractivity contribution in [2.75, 3.05) is 13.2 Å². The molecule has 34 heavy (non-hydrogen) atoms. The third kappa shape index (κ3) is 6.47. The highest BCUT2D eigenvalue weighted by molar-refractivity contribution is 5.79. The van der Waals surface area contributed by atoms with Gasteiger partial charge in [-0.25, -0.2) is 9.18 Å². The number of ether oxygens (including phenoxy) is 3. The van der Waals surface area contributed by atoms with Gasteiger partial charge in [0.2, 0.25) is 5.60 Å². The van der Waals surface area contributed by atoms with Crippen LogP contribution in [0.4, 0.5) is 4.39 Å². The van der Waals surface area contributed by atoms with Crippen molar-refractivity contribution in [3.8, 4) is 22.6 Å². The Hall–Kier alpha value is -3.60. The Morgan fingerprint density at radius 3 is 2.00 bits per heavy atom. The lowest BCUT2D eigenvalue weighted by Crippen LogP contribution is -2.42. The van der Waals surface area contributed by atoms with Crippen molar-refractivity contribution >= 4 is 11.5 Å². The third-order valence-electron chi connectivity index (χ3n) is 5.71. The molecule has 3 aromatic rings. The minimum atomic E-state index is -1.02. The lowest BCUT2D eigenvalue weighted by atomic mass is 10.0. The molecule has 0 aliphatic carbocycles. The minimum absolute atomic E-state index is 0.238. The van der Waals surface area contributed by atoms with Crippen molar-refractivity contribution in [1.82, 2.24) is 0 Å². The summed E-state index contributed by atoms with van der Waals surface area (Å²) in [5.41, 5.74) is 3.18. The van der Waals surface area contributed by atoms with Crippen LogP contribution in [0.2, 0.25) is 0 Å². The van der Waals surface area contributed by atoms with E-state index in [1.165, 1.54) is 12.1 Å². The van der Waals surface area contributed by atoms with Gasteiger partial charge in [-0.2, -0.15) is 0 Å². The number of carbonyl (C=O) groups excluding carboxylic acids is 1. The fourth-order valence-electron chi connectivity index (χ4n) is 3.35. The molecule has 0 amide bonds. The first-order chi connectivity index (χ1) is 16.3. The first-order valence-corrected chi connectivity index (χ1v) is 11.5. The molecular formula is C29H31FO4. The summed E-state index contributed by atoms with van der Waals surface area (Å²) in [4.78, 5) is 12.2. The van der Waals surface area contributed by atoms with Gasteiger partial charge in [-0.05, 0) is 91.9 Å². The average Bonchev–Trinajstić information content (AvgIpc) is 2.85. The molecule has 0 saturated heterocycles. The van der Waals surface area contributed by atoms with Crippen LogP contribution in [0.25, 0.3) is 16.7 Å². The summed E-state index contributed by atoms with van der Waals surface area (Å²) >= 11 is 0. The largest absolute Gasteiger partial charge is 0.490 e. The maximum absolute atomic E-state index is 13.1. The van der Waals surface area contributed by atoms with E-state index in [-0.39, 0.29) is 11.8 Å². The van der Waals surface area contributed by atoms with E-state index in [2.05, 4.69) is 0 Å². The van der Waals surface area contributed by atoms with Crippen LogP contribution in [0.1, 0.15) is 39.7 Å². The number of rotatable bonds is 10. The fraction of sp³-hybridized carbons (Fsp3) is 0.276. The maximum atomic E-state index is 13.1. The molecule has 0 aliphatic heterocycles. The molecule has 0 heterocycles. The Morgan fingerprint density at radius 2 is 1.44 bits per heavy atom. The second-order valence-corrected chi connectivity index (χ2v) is 8.16. The normalized spacial score (nSPS) is 13.1. The lowest BCUT2D eigenvalue weighted by Gasteiger charge is -2.27. The predicted molar refractivity (Wildman–Crippen MR) is 133 cm³/mol. The summed E-state index contributed by atoms with van der Waals surface area (Å²) in [6.07, 6.45) is 2.52. The summed E-state index contributed by atoms with van der Waals surface area (Å²) in [6.45, 7) is 8.17. The highest BCUT2D eigenvalue weighted by Gasteiger charge is 2.35. The minimum Gasteiger partial charge on any atom is -0.490 e. The molecule has 4 nitrogen and oxygen atoms in total. The van der Waals surface area contributed by atoms with Crippen LogP contribution in [-0.4, -0.2) is 24.8 Å². The van der Waals surface area contributed by atoms with E-state index < -0.39 is 5.60 Å². The van der Waals surface area contributed by atoms with Gasteiger partial charge in [-0.1, -0.05) is 43.3 Å². The summed E-state index contributed by atoms with van der Waals surface area (Å²) in [7, 11) is 0. The Labute approximate surface area is 201 Å². The number of allylic oxidation sites excluding steroid dienone is 1. The van der Waals surface area contributed by atoms with Gasteiger partial charge in [0.25, 0.3) is 0 Å². The molecule has 0 N–H and O–H groups in total. The highest BCUT2D eigenvalue weighted by Crippen LogP contribution is 2.26. The molecular weight excluding hydrogens is 431 g/mol. The van der Waals surface area contributed by atoms with Crippen LogP contribution in [0.15, 0.2) is 78.9 Å². The van der Waals surface area contributed by atoms with Crippen LogP contribution >= 0.6 is 0 Å². The van der Waals surface area contributed by atoms with Crippen LogP contribution in [0, 0.1) is 5.82 Å². The molecule has 3 aromatic carbocycles. The Kier molecular flexibility index (Phi) is 8.47. The van der Waals surface area contributed by atoms with Crippen LogP contribution < -0.4 is 9.47 Å². The van der Waals surface area contributed by atoms with E-state index in [4.69, 9.17) is 14.2 Å². The Balaban J connectivity index is 1.56. The third-order valence-corrected chi connectivity index (χ3v) is 5.71. The Morgan fingerprint density at radius 1 is 0.882 bits per heavy atom. The van der Waals surface area contributed by atoms with Crippen molar-refractivity contribution < 1.29 is 23.4 Å². The van der Waals surface area contributed by atoms with Crippen LogP contribution in [0.5, 0.6) is 11.5 Å². The molecule has 0 radical (unpaired) electrons. The molecule has 178 valence electrons. The van der Waals surface area contributed by atoms with E-state index in [1.807, 2.05) is 56.3 Å². The number of benzene rings is 3. The summed E-state index contributed by atoms with van der Waals surface area (Å²) in [5, 5.41) is 0. The molecule has 0 spiro atoms. The molecule has 0 bridgehead atoms. The van der Waals surface area contributed by atoms with Gasteiger partial charge in [0.1, 0.15) is 23.9 Å². The SMILES string of the molecule is CCOC(=O)[C@](C)(CC)Oc1ccc(OCC=C(C)c2ccc(-c3ccc(F)cc3)cc2)cc1. The summed E-state index contributed by atoms with van der Waals surface area (Å²) in [5.74, 6) is 0.677. The van der Waals surface area contributed by atoms with Crippen molar-refractivity contribution in [3.63, 3.8) is 0 Å². The molecule has 0 aromatic heterocycles. The van der Waals surface area contributed by atoms with Gasteiger partial charge in [0, 0.05) is 0 Å². The number of hydrogen-bond acceptors (Lipinski definition) is 4. The molecule has 0 saturated carbocycles. The van der Waals surface area contributed by atoms with Gasteiger partial charge in [0.15, 0.2) is 0 Å². The zero-order valence-corrected chi connectivity index (χ0v) is 20.1. The molecule has 0 unspecified atom stereocenters. The topological polar surface area (TPSA) is 44.8 Å². The number of hydrogen-bond donors (Lipinski definition) is 0. The number of halogens is 1. The highest BCUT2D eigenvalue weighted by atomic mass is 19.1. The zero-order chi connectivity index (χ0) is 24.6. The lowest BCUT2D eigenvalue weighted by molar-refractivity contribution is -0.160. The zero-order valence-electron chi connectivity index (χ0n) is 20.1. The van der Waals surface area contributed by atoms with Gasteiger partial charge in [-0.3, -0.25) is 0 Å². The predicted octanol–water partition coefficient (Wildman–Crippen LogP) is 7.09. The van der Waals surface area contributed by atoms with E-state index in [1.54, 1.807) is 38.1 Å². The second-order valence-electron chi connectivity index (χ2n) is 8.16. The van der Waals surface area contributed by atoms with Crippen molar-refractivity contribution in [2.45, 2.75) is 39.7 Å². The summed E-state index contributed by atoms with van der Waals surface area (Å²) < 4.78 is 30.0. The van der Waals surface area contributed by atoms with Crippen LogP contribution in [0.3, 0.4) is 0 Å². The summed E-state index contributed by atoms with van der Waals surface area (Å²) in [6, 6.07) is 21.8. The first-order valence-electron chi connectivity index (χ1n) is 11.5. The van der Waals surface area contributed by atoms with Crippen LogP contribution in [-0.2, 0) is 9.53 Å². The van der Waals surface area contributed by atoms with Crippen molar-refractivity contribution in [2.24, 2.45) is 0 Å². The van der Waals surface area contributed by atoms with Gasteiger partial charge < -0.3 is 14.2 Å². The molecule has 5 heteroatoms. The second kappa shape index (κ2) is 11.5. The number of esters is 1. The van der Waals surface area contributed by atoms with E-state index in [9.17, 15) is 9.18 Å². The van der Waals surface area contributed by atoms with E-state index in [0.717, 1.165) is 22.3 Å².